The lowest BCUT2D eigenvalue weighted by Gasteiger charge is -2.09. The van der Waals surface area contributed by atoms with Gasteiger partial charge < -0.3 is 10.6 Å². The molecular formula is C21H20N4O2. The number of carbonyl (C=O) groups excluding carboxylic acids is 2. The van der Waals surface area contributed by atoms with Gasteiger partial charge in [-0.25, -0.2) is 0 Å². The average molecular weight is 360 g/mol. The molecule has 3 rings (SSSR count). The molecule has 0 saturated carbocycles. The lowest BCUT2D eigenvalue weighted by molar-refractivity contribution is 0.0950. The van der Waals surface area contributed by atoms with Crippen LogP contribution in [0.3, 0.4) is 0 Å². The van der Waals surface area contributed by atoms with Crippen molar-refractivity contribution in [3.8, 4) is 0 Å². The Bertz CT molecular complexity index is 971. The summed E-state index contributed by atoms with van der Waals surface area (Å²) in [5, 5.41) is 5.60. The number of hydrogen-bond donors (Lipinski definition) is 2. The summed E-state index contributed by atoms with van der Waals surface area (Å²) in [6, 6.07) is 12.7. The summed E-state index contributed by atoms with van der Waals surface area (Å²) in [6.45, 7) is 4.30. The molecule has 6 heteroatoms. The van der Waals surface area contributed by atoms with Crippen molar-refractivity contribution in [2.45, 2.75) is 20.4 Å². The molecule has 1 aromatic carbocycles. The summed E-state index contributed by atoms with van der Waals surface area (Å²) in [5.74, 6) is -0.626. The van der Waals surface area contributed by atoms with Gasteiger partial charge in [0, 0.05) is 24.3 Å². The number of aromatic nitrogens is 2. The van der Waals surface area contributed by atoms with E-state index >= 15 is 0 Å². The van der Waals surface area contributed by atoms with Crippen molar-refractivity contribution < 1.29 is 9.59 Å². The van der Waals surface area contributed by atoms with Crippen molar-refractivity contribution >= 4 is 17.5 Å². The molecule has 0 atom stereocenters. The van der Waals surface area contributed by atoms with E-state index in [2.05, 4.69) is 20.6 Å². The first-order valence-electron chi connectivity index (χ1n) is 8.54. The number of rotatable bonds is 5. The normalized spacial score (nSPS) is 10.3. The third-order valence-corrected chi connectivity index (χ3v) is 4.18. The van der Waals surface area contributed by atoms with Crippen LogP contribution in [-0.2, 0) is 6.54 Å². The molecule has 27 heavy (non-hydrogen) atoms. The zero-order valence-electron chi connectivity index (χ0n) is 15.2. The van der Waals surface area contributed by atoms with Gasteiger partial charge in [-0.3, -0.25) is 19.6 Å². The molecule has 2 N–H and O–H groups in total. The van der Waals surface area contributed by atoms with E-state index in [4.69, 9.17) is 0 Å². The van der Waals surface area contributed by atoms with E-state index in [1.54, 1.807) is 6.20 Å². The standard InChI is InChI=1S/C21H20N4O2/c1-14-6-7-18(9-15(14)2)25-21(27)17-10-16(11-22-12-17)20(26)24-13-19-5-3-4-8-23-19/h3-12H,13H2,1-2H3,(H,24,26)(H,25,27). The van der Waals surface area contributed by atoms with Crippen LogP contribution >= 0.6 is 0 Å². The number of pyridine rings is 2. The van der Waals surface area contributed by atoms with Crippen molar-refractivity contribution in [2.24, 2.45) is 0 Å². The molecule has 0 bridgehead atoms. The summed E-state index contributed by atoms with van der Waals surface area (Å²) in [4.78, 5) is 33.0. The summed E-state index contributed by atoms with van der Waals surface area (Å²) in [7, 11) is 0. The number of carbonyl (C=O) groups is 2. The Labute approximate surface area is 157 Å². The average Bonchev–Trinajstić information content (AvgIpc) is 2.70. The van der Waals surface area contributed by atoms with Gasteiger partial charge in [-0.15, -0.1) is 0 Å². The number of benzene rings is 1. The van der Waals surface area contributed by atoms with Gasteiger partial charge in [0.05, 0.1) is 23.4 Å². The number of hydrogen-bond acceptors (Lipinski definition) is 4. The van der Waals surface area contributed by atoms with E-state index in [0.29, 0.717) is 23.4 Å². The third kappa shape index (κ3) is 4.76. The van der Waals surface area contributed by atoms with E-state index in [9.17, 15) is 9.59 Å². The Morgan fingerprint density at radius 2 is 1.70 bits per heavy atom. The SMILES string of the molecule is Cc1ccc(NC(=O)c2cncc(C(=O)NCc3ccccn3)c2)cc1C. The van der Waals surface area contributed by atoms with Crippen LogP contribution in [0.5, 0.6) is 0 Å². The molecule has 0 unspecified atom stereocenters. The van der Waals surface area contributed by atoms with Gasteiger partial charge in [-0.2, -0.15) is 0 Å². The molecule has 2 heterocycles. The van der Waals surface area contributed by atoms with Crippen molar-refractivity contribution in [3.63, 3.8) is 0 Å². The van der Waals surface area contributed by atoms with Crippen LogP contribution in [-0.4, -0.2) is 21.8 Å². The van der Waals surface area contributed by atoms with Crippen LogP contribution in [0, 0.1) is 13.8 Å². The van der Waals surface area contributed by atoms with E-state index in [0.717, 1.165) is 16.8 Å². The second kappa shape index (κ2) is 8.23. The third-order valence-electron chi connectivity index (χ3n) is 4.18. The molecule has 0 aliphatic rings. The van der Waals surface area contributed by atoms with E-state index < -0.39 is 0 Å². The summed E-state index contributed by atoms with van der Waals surface area (Å²) in [6.07, 6.45) is 4.53. The lowest BCUT2D eigenvalue weighted by Crippen LogP contribution is -2.24. The lowest BCUT2D eigenvalue weighted by atomic mass is 10.1. The fourth-order valence-corrected chi connectivity index (χ4v) is 2.49. The number of nitrogens with one attached hydrogen (secondary N) is 2. The second-order valence-electron chi connectivity index (χ2n) is 6.22. The molecule has 0 fully saturated rings. The Kier molecular flexibility index (Phi) is 5.56. The first-order chi connectivity index (χ1) is 13.0. The summed E-state index contributed by atoms with van der Waals surface area (Å²) >= 11 is 0. The Balaban J connectivity index is 1.67. The van der Waals surface area contributed by atoms with Gasteiger partial charge in [0.2, 0.25) is 0 Å². The van der Waals surface area contributed by atoms with Crippen LogP contribution < -0.4 is 10.6 Å². The quantitative estimate of drug-likeness (QED) is 0.731. The van der Waals surface area contributed by atoms with E-state index in [1.165, 1.54) is 18.5 Å². The van der Waals surface area contributed by atoms with Gasteiger partial charge in [0.1, 0.15) is 0 Å². The van der Waals surface area contributed by atoms with Gasteiger partial charge in [0.15, 0.2) is 0 Å². The topological polar surface area (TPSA) is 84.0 Å². The highest BCUT2D eigenvalue weighted by atomic mass is 16.2. The zero-order valence-corrected chi connectivity index (χ0v) is 15.2. The molecule has 0 saturated heterocycles. The molecule has 3 aromatic rings. The van der Waals surface area contributed by atoms with Crippen molar-refractivity contribution in [1.82, 2.24) is 15.3 Å². The first-order valence-corrected chi connectivity index (χ1v) is 8.54. The van der Waals surface area contributed by atoms with Crippen LogP contribution in [0.2, 0.25) is 0 Å². The highest BCUT2D eigenvalue weighted by Gasteiger charge is 2.12. The van der Waals surface area contributed by atoms with Crippen LogP contribution in [0.4, 0.5) is 5.69 Å². The number of nitrogens with zero attached hydrogens (tertiary/aromatic N) is 2. The minimum absolute atomic E-state index is 0.304. The van der Waals surface area contributed by atoms with Crippen LogP contribution in [0.25, 0.3) is 0 Å². The zero-order chi connectivity index (χ0) is 19.2. The molecular weight excluding hydrogens is 340 g/mol. The fraction of sp³-hybridized carbons (Fsp3) is 0.143. The maximum absolute atomic E-state index is 12.5. The van der Waals surface area contributed by atoms with Gasteiger partial charge in [-0.1, -0.05) is 12.1 Å². The number of aryl methyl sites for hydroxylation is 2. The van der Waals surface area contributed by atoms with Crippen molar-refractivity contribution in [3.05, 3.63) is 89.0 Å². The predicted molar refractivity (Wildman–Crippen MR) is 104 cm³/mol. The largest absolute Gasteiger partial charge is 0.346 e. The van der Waals surface area contributed by atoms with Crippen LogP contribution in [0.1, 0.15) is 37.5 Å². The smallest absolute Gasteiger partial charge is 0.257 e. The number of anilines is 1. The second-order valence-corrected chi connectivity index (χ2v) is 6.22. The van der Waals surface area contributed by atoms with Crippen molar-refractivity contribution in [1.29, 1.82) is 0 Å². The maximum Gasteiger partial charge on any atom is 0.257 e. The maximum atomic E-state index is 12.5. The molecule has 0 spiro atoms. The molecule has 2 amide bonds. The molecule has 6 nitrogen and oxygen atoms in total. The summed E-state index contributed by atoms with van der Waals surface area (Å²) < 4.78 is 0. The van der Waals surface area contributed by atoms with E-state index in [1.807, 2.05) is 50.2 Å². The predicted octanol–water partition coefficient (Wildman–Crippen LogP) is 3.28. The fourth-order valence-electron chi connectivity index (χ4n) is 2.49. The van der Waals surface area contributed by atoms with Gasteiger partial charge in [0.25, 0.3) is 11.8 Å². The van der Waals surface area contributed by atoms with Crippen LogP contribution in [0.15, 0.2) is 61.1 Å². The molecule has 2 aromatic heterocycles. The monoisotopic (exact) mass is 360 g/mol. The Morgan fingerprint density at radius 1 is 0.926 bits per heavy atom. The highest BCUT2D eigenvalue weighted by molar-refractivity contribution is 6.05. The molecule has 0 radical (unpaired) electrons. The Hall–Kier alpha value is -3.54. The first kappa shape index (κ1) is 18.3. The highest BCUT2D eigenvalue weighted by Crippen LogP contribution is 2.15. The Morgan fingerprint density at radius 3 is 2.41 bits per heavy atom. The summed E-state index contributed by atoms with van der Waals surface area (Å²) in [5.41, 5.74) is 4.34. The van der Waals surface area contributed by atoms with E-state index in [-0.39, 0.29) is 11.8 Å². The minimum Gasteiger partial charge on any atom is -0.346 e. The molecule has 0 aliphatic carbocycles. The van der Waals surface area contributed by atoms with Crippen molar-refractivity contribution in [2.75, 3.05) is 5.32 Å². The molecule has 0 aliphatic heterocycles. The molecule has 136 valence electrons. The number of amides is 2. The minimum atomic E-state index is -0.315. The van der Waals surface area contributed by atoms with Gasteiger partial charge >= 0.3 is 0 Å². The van der Waals surface area contributed by atoms with Gasteiger partial charge in [-0.05, 0) is 55.3 Å².